The Labute approximate surface area is 225 Å². The number of ether oxygens (including phenoxy) is 1. The van der Waals surface area contributed by atoms with E-state index in [4.69, 9.17) is 33.0 Å². The number of nitrogens with one attached hydrogen (secondary N) is 1. The first kappa shape index (κ1) is 26.6. The number of aliphatic carboxylic acids is 1. The molecule has 0 spiro atoms. The van der Waals surface area contributed by atoms with Crippen LogP contribution in [0.5, 0.6) is 11.5 Å². The zero-order chi connectivity index (χ0) is 26.7. The maximum atomic E-state index is 13.2. The quantitative estimate of drug-likeness (QED) is 0.238. The Kier molecular flexibility index (Phi) is 8.10. The van der Waals surface area contributed by atoms with E-state index in [0.29, 0.717) is 40.1 Å². The first-order valence-corrected chi connectivity index (χ1v) is 12.8. The highest BCUT2D eigenvalue weighted by molar-refractivity contribution is 6.31. The van der Waals surface area contributed by atoms with E-state index >= 15 is 0 Å². The van der Waals surface area contributed by atoms with E-state index in [9.17, 15) is 9.59 Å². The highest BCUT2D eigenvalue weighted by Crippen LogP contribution is 2.30. The van der Waals surface area contributed by atoms with Crippen molar-refractivity contribution in [3.63, 3.8) is 0 Å². The molecule has 1 aromatic heterocycles. The lowest BCUT2D eigenvalue weighted by Crippen LogP contribution is -2.26. The highest BCUT2D eigenvalue weighted by atomic mass is 35.5. The van der Waals surface area contributed by atoms with Gasteiger partial charge in [0, 0.05) is 41.0 Å². The summed E-state index contributed by atoms with van der Waals surface area (Å²) in [7, 11) is 1.88. The molecule has 6 nitrogen and oxygen atoms in total. The summed E-state index contributed by atoms with van der Waals surface area (Å²) in [6.45, 7) is 4.22. The molecule has 1 heterocycles. The molecule has 0 atom stereocenters. The fraction of sp³-hybridized carbons (Fsp3) is 0.241. The molecule has 0 bridgehead atoms. The number of aromatic nitrogens is 1. The zero-order valence-corrected chi connectivity index (χ0v) is 22.4. The predicted molar refractivity (Wildman–Crippen MR) is 147 cm³/mol. The average Bonchev–Trinajstić information content (AvgIpc) is 3.12. The number of carboxylic acid groups (broad SMARTS) is 1. The molecule has 0 radical (unpaired) electrons. The largest absolute Gasteiger partial charge is 0.481 e. The van der Waals surface area contributed by atoms with Gasteiger partial charge in [-0.25, -0.2) is 0 Å². The van der Waals surface area contributed by atoms with Crippen molar-refractivity contribution in [2.24, 2.45) is 7.05 Å². The van der Waals surface area contributed by atoms with Crippen molar-refractivity contribution >= 4 is 46.0 Å². The van der Waals surface area contributed by atoms with E-state index in [-0.39, 0.29) is 18.9 Å². The number of hydrogen-bond donors (Lipinski definition) is 2. The lowest BCUT2D eigenvalue weighted by atomic mass is 10.0. The molecule has 0 aliphatic carbocycles. The summed E-state index contributed by atoms with van der Waals surface area (Å²) in [6, 6.07) is 16.5. The summed E-state index contributed by atoms with van der Waals surface area (Å²) >= 11 is 12.6. The lowest BCUT2D eigenvalue weighted by molar-refractivity contribution is -0.136. The first-order valence-electron chi connectivity index (χ1n) is 12.0. The maximum absolute atomic E-state index is 13.2. The lowest BCUT2D eigenvalue weighted by Gasteiger charge is -2.12. The highest BCUT2D eigenvalue weighted by Gasteiger charge is 2.20. The molecule has 4 rings (SSSR count). The zero-order valence-electron chi connectivity index (χ0n) is 20.9. The third-order valence-electron chi connectivity index (χ3n) is 6.38. The van der Waals surface area contributed by atoms with Crippen LogP contribution >= 0.6 is 23.2 Å². The van der Waals surface area contributed by atoms with Gasteiger partial charge in [0.15, 0.2) is 0 Å². The van der Waals surface area contributed by atoms with Crippen LogP contribution in [0.15, 0.2) is 54.6 Å². The van der Waals surface area contributed by atoms with Gasteiger partial charge in [-0.2, -0.15) is 0 Å². The van der Waals surface area contributed by atoms with Crippen LogP contribution in [0.1, 0.15) is 46.1 Å². The van der Waals surface area contributed by atoms with Gasteiger partial charge >= 0.3 is 5.97 Å². The topological polar surface area (TPSA) is 80.6 Å². The minimum Gasteiger partial charge on any atom is -0.481 e. The van der Waals surface area contributed by atoms with Crippen molar-refractivity contribution in [3.05, 3.63) is 92.6 Å². The van der Waals surface area contributed by atoms with E-state index in [1.807, 2.05) is 67.9 Å². The number of aryl methyl sites for hydroxylation is 4. The summed E-state index contributed by atoms with van der Waals surface area (Å²) in [5.74, 6) is 0.161. The molecule has 0 aliphatic rings. The van der Waals surface area contributed by atoms with Crippen molar-refractivity contribution in [2.45, 2.75) is 39.7 Å². The third-order valence-corrected chi connectivity index (χ3v) is 6.83. The van der Waals surface area contributed by atoms with Crippen LogP contribution in [-0.4, -0.2) is 21.6 Å². The van der Waals surface area contributed by atoms with Gasteiger partial charge < -0.3 is 19.7 Å². The monoisotopic (exact) mass is 538 g/mol. The molecule has 37 heavy (non-hydrogen) atoms. The number of carbonyl (C=O) groups is 2. The summed E-state index contributed by atoms with van der Waals surface area (Å²) in [6.07, 6.45) is 1.24. The van der Waals surface area contributed by atoms with Crippen LogP contribution in [0.2, 0.25) is 10.0 Å². The molecule has 3 aromatic carbocycles. The van der Waals surface area contributed by atoms with Gasteiger partial charge in [0.25, 0.3) is 5.91 Å². The smallest absolute Gasteiger partial charge is 0.303 e. The van der Waals surface area contributed by atoms with E-state index in [1.165, 1.54) is 0 Å². The Morgan fingerprint density at radius 2 is 1.78 bits per heavy atom. The number of nitrogens with zero attached hydrogens (tertiary/aromatic N) is 1. The molecule has 0 aliphatic heterocycles. The van der Waals surface area contributed by atoms with Gasteiger partial charge in [-0.3, -0.25) is 9.59 Å². The SMILES string of the molecule is CCc1c(C(=O)NCc2cc(Cl)cc(Oc3ccc(CCC(=O)O)c(C)c3)c2)n(C)c2ccc(Cl)cc12. The molecule has 2 N–H and O–H groups in total. The van der Waals surface area contributed by atoms with E-state index in [0.717, 1.165) is 33.2 Å². The van der Waals surface area contributed by atoms with Crippen molar-refractivity contribution in [2.75, 3.05) is 0 Å². The van der Waals surface area contributed by atoms with Gasteiger partial charge in [0.05, 0.1) is 0 Å². The Morgan fingerprint density at radius 1 is 1.00 bits per heavy atom. The van der Waals surface area contributed by atoms with Gasteiger partial charge in [-0.15, -0.1) is 0 Å². The maximum Gasteiger partial charge on any atom is 0.303 e. The summed E-state index contributed by atoms with van der Waals surface area (Å²) in [5, 5.41) is 14.0. The number of amides is 1. The molecule has 4 aromatic rings. The van der Waals surface area contributed by atoms with Crippen LogP contribution in [0.25, 0.3) is 10.9 Å². The normalized spacial score (nSPS) is 11.1. The third kappa shape index (κ3) is 6.09. The van der Waals surface area contributed by atoms with Gasteiger partial charge in [-0.1, -0.05) is 36.2 Å². The number of carbonyl (C=O) groups excluding carboxylic acids is 1. The minimum atomic E-state index is -0.825. The molecule has 0 saturated carbocycles. The molecular formula is C29H28Cl2N2O4. The fourth-order valence-corrected chi connectivity index (χ4v) is 5.00. The van der Waals surface area contributed by atoms with Gasteiger partial charge in [0.1, 0.15) is 17.2 Å². The number of rotatable bonds is 9. The summed E-state index contributed by atoms with van der Waals surface area (Å²) in [4.78, 5) is 24.1. The molecule has 1 amide bonds. The van der Waals surface area contributed by atoms with E-state index < -0.39 is 5.97 Å². The van der Waals surface area contributed by atoms with E-state index in [2.05, 4.69) is 5.32 Å². The second-order valence-corrected chi connectivity index (χ2v) is 9.84. The molecule has 192 valence electrons. The molecule has 0 unspecified atom stereocenters. The second-order valence-electron chi connectivity index (χ2n) is 8.96. The molecule has 8 heteroatoms. The fourth-order valence-electron chi connectivity index (χ4n) is 4.58. The standard InChI is InChI=1S/C29H28Cl2N2O4/c1-4-24-25-15-20(30)7-9-26(25)33(3)28(24)29(36)32-16-18-12-21(31)14-23(13-18)37-22-8-5-19(17(2)11-22)6-10-27(34)35/h5,7-9,11-15H,4,6,10,16H2,1-3H3,(H,32,36)(H,34,35). The summed E-state index contributed by atoms with van der Waals surface area (Å²) in [5.41, 5.74) is 5.23. The second kappa shape index (κ2) is 11.3. The van der Waals surface area contributed by atoms with Crippen molar-refractivity contribution in [1.82, 2.24) is 9.88 Å². The van der Waals surface area contributed by atoms with Crippen LogP contribution in [-0.2, 0) is 31.2 Å². The number of benzene rings is 3. The first-order chi connectivity index (χ1) is 17.7. The summed E-state index contributed by atoms with van der Waals surface area (Å²) < 4.78 is 7.93. The van der Waals surface area contributed by atoms with Crippen molar-refractivity contribution in [1.29, 1.82) is 0 Å². The Morgan fingerprint density at radius 3 is 2.49 bits per heavy atom. The average molecular weight is 539 g/mol. The van der Waals surface area contributed by atoms with Crippen LogP contribution < -0.4 is 10.1 Å². The molecular weight excluding hydrogens is 511 g/mol. The van der Waals surface area contributed by atoms with Gasteiger partial charge in [-0.05, 0) is 90.6 Å². The predicted octanol–water partition coefficient (Wildman–Crippen LogP) is 7.10. The Balaban J connectivity index is 1.50. The van der Waals surface area contributed by atoms with Gasteiger partial charge in [0.2, 0.25) is 0 Å². The number of hydrogen-bond acceptors (Lipinski definition) is 3. The van der Waals surface area contributed by atoms with Crippen molar-refractivity contribution < 1.29 is 19.4 Å². The van der Waals surface area contributed by atoms with Crippen LogP contribution in [0, 0.1) is 6.92 Å². The Bertz CT molecular complexity index is 1490. The number of carboxylic acids is 1. The minimum absolute atomic E-state index is 0.0801. The number of fused-ring (bicyclic) bond motifs is 1. The van der Waals surface area contributed by atoms with Crippen LogP contribution in [0.4, 0.5) is 0 Å². The number of halogens is 2. The van der Waals surface area contributed by atoms with Crippen molar-refractivity contribution in [3.8, 4) is 11.5 Å². The Hall–Kier alpha value is -3.48. The van der Waals surface area contributed by atoms with Crippen LogP contribution in [0.3, 0.4) is 0 Å². The van der Waals surface area contributed by atoms with E-state index in [1.54, 1.807) is 12.1 Å². The molecule has 0 fully saturated rings. The molecule has 0 saturated heterocycles.